The largest absolute Gasteiger partial charge is 0.321 e. The molecule has 0 saturated carbocycles. The Bertz CT molecular complexity index is 626. The Labute approximate surface area is 140 Å². The highest BCUT2D eigenvalue weighted by molar-refractivity contribution is 9.11. The zero-order chi connectivity index (χ0) is 14.0. The van der Waals surface area contributed by atoms with Crippen molar-refractivity contribution in [3.05, 3.63) is 60.4 Å². The van der Waals surface area contributed by atoms with Crippen LogP contribution in [0.4, 0.5) is 5.69 Å². The Hall–Kier alpha value is -0.360. The molecule has 2 rings (SSSR count). The standard InChI is InChI=1S/C13H7Br3ClNO/c14-8-1-2-12(11(16)6-8)18-13(19)7-3-9(15)5-10(17)4-7/h1-6H,(H,18,19). The van der Waals surface area contributed by atoms with Crippen LogP contribution in [0.25, 0.3) is 0 Å². The minimum Gasteiger partial charge on any atom is -0.321 e. The van der Waals surface area contributed by atoms with E-state index in [1.807, 2.05) is 18.2 Å². The summed E-state index contributed by atoms with van der Waals surface area (Å²) in [5.41, 5.74) is 1.19. The second kappa shape index (κ2) is 6.39. The van der Waals surface area contributed by atoms with E-state index in [2.05, 4.69) is 53.1 Å². The molecule has 6 heteroatoms. The first kappa shape index (κ1) is 15.0. The molecule has 2 aromatic carbocycles. The molecule has 0 aliphatic carbocycles. The van der Waals surface area contributed by atoms with Gasteiger partial charge in [0.15, 0.2) is 0 Å². The Kier molecular flexibility index (Phi) is 5.06. The van der Waals surface area contributed by atoms with Crippen LogP contribution < -0.4 is 5.32 Å². The van der Waals surface area contributed by atoms with Gasteiger partial charge in [-0.15, -0.1) is 0 Å². The van der Waals surface area contributed by atoms with Crippen LogP contribution in [0.1, 0.15) is 10.4 Å². The number of hydrogen-bond donors (Lipinski definition) is 1. The van der Waals surface area contributed by atoms with Crippen molar-refractivity contribution in [2.75, 3.05) is 5.32 Å². The lowest BCUT2D eigenvalue weighted by Crippen LogP contribution is -2.12. The first-order valence-corrected chi connectivity index (χ1v) is 7.94. The molecule has 98 valence electrons. The third-order valence-electron chi connectivity index (χ3n) is 2.30. The Morgan fingerprint density at radius 1 is 1.00 bits per heavy atom. The lowest BCUT2D eigenvalue weighted by molar-refractivity contribution is 0.102. The fraction of sp³-hybridized carbons (Fsp3) is 0. The number of hydrogen-bond acceptors (Lipinski definition) is 1. The van der Waals surface area contributed by atoms with Gasteiger partial charge in [0.1, 0.15) is 0 Å². The van der Waals surface area contributed by atoms with Crippen LogP contribution in [0.15, 0.2) is 49.8 Å². The molecule has 0 bridgehead atoms. The molecule has 1 N–H and O–H groups in total. The molecule has 1 amide bonds. The number of carbonyl (C=O) groups is 1. The molecule has 19 heavy (non-hydrogen) atoms. The number of nitrogens with one attached hydrogen (secondary N) is 1. The van der Waals surface area contributed by atoms with Crippen LogP contribution >= 0.6 is 59.4 Å². The van der Waals surface area contributed by atoms with Gasteiger partial charge in [0.2, 0.25) is 0 Å². The maximum Gasteiger partial charge on any atom is 0.255 e. The van der Waals surface area contributed by atoms with E-state index in [1.165, 1.54) is 0 Å². The second-order valence-electron chi connectivity index (χ2n) is 3.74. The summed E-state index contributed by atoms with van der Waals surface area (Å²) in [5, 5.41) is 3.33. The van der Waals surface area contributed by atoms with Gasteiger partial charge in [-0.2, -0.15) is 0 Å². The third kappa shape index (κ3) is 4.05. The van der Waals surface area contributed by atoms with Crippen molar-refractivity contribution < 1.29 is 4.79 Å². The summed E-state index contributed by atoms with van der Waals surface area (Å²) in [6, 6.07) is 10.6. The van der Waals surface area contributed by atoms with E-state index in [-0.39, 0.29) is 5.91 Å². The highest BCUT2D eigenvalue weighted by atomic mass is 79.9. The van der Waals surface area contributed by atoms with Gasteiger partial charge in [0, 0.05) is 24.0 Å². The molecule has 0 fully saturated rings. The minimum atomic E-state index is -0.216. The molecule has 0 heterocycles. The van der Waals surface area contributed by atoms with Gasteiger partial charge in [-0.25, -0.2) is 0 Å². The topological polar surface area (TPSA) is 29.1 Å². The Morgan fingerprint density at radius 3 is 2.37 bits per heavy atom. The smallest absolute Gasteiger partial charge is 0.255 e. The molecule has 0 saturated heterocycles. The van der Waals surface area contributed by atoms with Gasteiger partial charge in [-0.1, -0.05) is 43.5 Å². The van der Waals surface area contributed by atoms with E-state index < -0.39 is 0 Å². The predicted octanol–water partition coefficient (Wildman–Crippen LogP) is 5.88. The first-order valence-electron chi connectivity index (χ1n) is 5.18. The quantitative estimate of drug-likeness (QED) is 0.586. The molecular weight excluding hydrogens is 461 g/mol. The van der Waals surface area contributed by atoms with Gasteiger partial charge in [-0.05, 0) is 52.3 Å². The number of amides is 1. The van der Waals surface area contributed by atoms with E-state index in [0.717, 1.165) is 13.4 Å². The summed E-state index contributed by atoms with van der Waals surface area (Å²) < 4.78 is 2.50. The zero-order valence-electron chi connectivity index (χ0n) is 9.38. The molecule has 0 aromatic heterocycles. The van der Waals surface area contributed by atoms with Crippen LogP contribution in [0.2, 0.25) is 5.02 Å². The number of halogens is 4. The number of carbonyl (C=O) groups excluding carboxylic acids is 1. The maximum atomic E-state index is 12.1. The average molecular weight is 468 g/mol. The van der Waals surface area contributed by atoms with Crippen molar-refractivity contribution in [2.24, 2.45) is 0 Å². The highest BCUT2D eigenvalue weighted by Gasteiger charge is 2.10. The number of rotatable bonds is 2. The summed E-state index contributed by atoms with van der Waals surface area (Å²) in [4.78, 5) is 12.1. The van der Waals surface area contributed by atoms with Gasteiger partial charge >= 0.3 is 0 Å². The van der Waals surface area contributed by atoms with E-state index in [0.29, 0.717) is 16.3 Å². The summed E-state index contributed by atoms with van der Waals surface area (Å²) in [6.07, 6.45) is 0. The number of anilines is 1. The van der Waals surface area contributed by atoms with Gasteiger partial charge in [-0.3, -0.25) is 4.79 Å². The zero-order valence-corrected chi connectivity index (χ0v) is 14.9. The maximum absolute atomic E-state index is 12.1. The van der Waals surface area contributed by atoms with Crippen molar-refractivity contribution in [1.82, 2.24) is 0 Å². The predicted molar refractivity (Wildman–Crippen MR) is 88.9 cm³/mol. The molecule has 2 nitrogen and oxygen atoms in total. The SMILES string of the molecule is O=C(Nc1ccc(Br)cc1Br)c1cc(Cl)cc(Br)c1. The Balaban J connectivity index is 2.25. The molecular formula is C13H7Br3ClNO. The number of benzene rings is 2. The molecule has 2 aromatic rings. The van der Waals surface area contributed by atoms with Crippen LogP contribution in [0.3, 0.4) is 0 Å². The second-order valence-corrected chi connectivity index (χ2v) is 6.86. The first-order chi connectivity index (χ1) is 8.95. The molecule has 0 unspecified atom stereocenters. The summed E-state index contributed by atoms with van der Waals surface area (Å²) >= 11 is 16.0. The summed E-state index contributed by atoms with van der Waals surface area (Å²) in [5.74, 6) is -0.216. The van der Waals surface area contributed by atoms with Crippen LogP contribution in [-0.4, -0.2) is 5.91 Å². The van der Waals surface area contributed by atoms with E-state index in [9.17, 15) is 4.79 Å². The summed E-state index contributed by atoms with van der Waals surface area (Å²) in [6.45, 7) is 0. The molecule has 0 aliphatic heterocycles. The van der Waals surface area contributed by atoms with Crippen molar-refractivity contribution in [1.29, 1.82) is 0 Å². The Morgan fingerprint density at radius 2 is 1.74 bits per heavy atom. The van der Waals surface area contributed by atoms with Gasteiger partial charge in [0.05, 0.1) is 5.69 Å². The van der Waals surface area contributed by atoms with E-state index in [1.54, 1.807) is 18.2 Å². The average Bonchev–Trinajstić information content (AvgIpc) is 2.31. The third-order valence-corrected chi connectivity index (χ3v) is 4.13. The van der Waals surface area contributed by atoms with E-state index in [4.69, 9.17) is 11.6 Å². The van der Waals surface area contributed by atoms with Crippen molar-refractivity contribution in [3.63, 3.8) is 0 Å². The minimum absolute atomic E-state index is 0.216. The van der Waals surface area contributed by atoms with Gasteiger partial charge < -0.3 is 5.32 Å². The van der Waals surface area contributed by atoms with Crippen LogP contribution in [-0.2, 0) is 0 Å². The lowest BCUT2D eigenvalue weighted by Gasteiger charge is -2.08. The lowest BCUT2D eigenvalue weighted by atomic mass is 10.2. The molecule has 0 spiro atoms. The van der Waals surface area contributed by atoms with Crippen molar-refractivity contribution >= 4 is 71.0 Å². The van der Waals surface area contributed by atoms with Crippen molar-refractivity contribution in [2.45, 2.75) is 0 Å². The molecule has 0 atom stereocenters. The van der Waals surface area contributed by atoms with E-state index >= 15 is 0 Å². The fourth-order valence-corrected chi connectivity index (χ4v) is 3.48. The highest BCUT2D eigenvalue weighted by Crippen LogP contribution is 2.27. The van der Waals surface area contributed by atoms with Crippen LogP contribution in [0.5, 0.6) is 0 Å². The normalized spacial score (nSPS) is 10.3. The molecule has 0 radical (unpaired) electrons. The van der Waals surface area contributed by atoms with Crippen molar-refractivity contribution in [3.8, 4) is 0 Å². The summed E-state index contributed by atoms with van der Waals surface area (Å²) in [7, 11) is 0. The monoisotopic (exact) mass is 465 g/mol. The fourth-order valence-electron chi connectivity index (χ4n) is 1.47. The molecule has 0 aliphatic rings. The van der Waals surface area contributed by atoms with Gasteiger partial charge in [0.25, 0.3) is 5.91 Å². The van der Waals surface area contributed by atoms with Crippen LogP contribution in [0, 0.1) is 0 Å².